The van der Waals surface area contributed by atoms with E-state index in [-0.39, 0.29) is 17.0 Å². The van der Waals surface area contributed by atoms with Crippen LogP contribution in [0.1, 0.15) is 32.1 Å². The number of rotatable bonds is 5. The minimum absolute atomic E-state index is 0. The lowest BCUT2D eigenvalue weighted by Crippen LogP contribution is -3.00. The van der Waals surface area contributed by atoms with Crippen molar-refractivity contribution in [1.82, 2.24) is 0 Å². The van der Waals surface area contributed by atoms with E-state index in [1.165, 1.54) is 54.2 Å². The molecule has 1 aliphatic rings. The molecule has 2 heteroatoms. The lowest BCUT2D eigenvalue weighted by molar-refractivity contribution is -0.00000515. The predicted octanol–water partition coefficient (Wildman–Crippen LogP) is 2.56. The van der Waals surface area contributed by atoms with Crippen LogP contribution >= 0.6 is 7.26 Å². The van der Waals surface area contributed by atoms with Gasteiger partial charge in [-0.25, -0.2) is 0 Å². The maximum Gasteiger partial charge on any atom is 0.112 e. The van der Waals surface area contributed by atoms with Gasteiger partial charge in [-0.3, -0.25) is 0 Å². The van der Waals surface area contributed by atoms with E-state index in [4.69, 9.17) is 0 Å². The van der Waals surface area contributed by atoms with Gasteiger partial charge in [0.25, 0.3) is 0 Å². The summed E-state index contributed by atoms with van der Waals surface area (Å²) in [5.74, 6) is 0.845. The molecule has 0 nitrogen and oxygen atoms in total. The summed E-state index contributed by atoms with van der Waals surface area (Å²) in [6.07, 6.45) is 8.34. The van der Waals surface area contributed by atoms with E-state index in [2.05, 4.69) is 91.0 Å². The minimum atomic E-state index is -1.62. The number of benzene rings is 3. The first-order chi connectivity index (χ1) is 12.9. The van der Waals surface area contributed by atoms with Crippen molar-refractivity contribution in [3.8, 4) is 0 Å². The van der Waals surface area contributed by atoms with Gasteiger partial charge < -0.3 is 17.0 Å². The highest BCUT2D eigenvalue weighted by atomic mass is 79.9. The van der Waals surface area contributed by atoms with Crippen molar-refractivity contribution in [2.45, 2.75) is 32.1 Å². The molecule has 27 heavy (non-hydrogen) atoms. The van der Waals surface area contributed by atoms with Crippen molar-refractivity contribution in [2.24, 2.45) is 5.92 Å². The Morgan fingerprint density at radius 2 is 0.926 bits per heavy atom. The van der Waals surface area contributed by atoms with Crippen LogP contribution in [0.4, 0.5) is 0 Å². The van der Waals surface area contributed by atoms with Crippen LogP contribution in [-0.4, -0.2) is 6.16 Å². The van der Waals surface area contributed by atoms with Crippen molar-refractivity contribution in [2.75, 3.05) is 6.16 Å². The summed E-state index contributed by atoms with van der Waals surface area (Å²) in [5.41, 5.74) is 0. The van der Waals surface area contributed by atoms with E-state index in [9.17, 15) is 0 Å². The third-order valence-corrected chi connectivity index (χ3v) is 10.5. The number of hydrogen-bond donors (Lipinski definition) is 0. The second-order valence-electron chi connectivity index (χ2n) is 7.50. The molecule has 3 aromatic carbocycles. The first-order valence-electron chi connectivity index (χ1n) is 9.94. The van der Waals surface area contributed by atoms with Crippen LogP contribution in [0.5, 0.6) is 0 Å². The quantitative estimate of drug-likeness (QED) is 0.537. The van der Waals surface area contributed by atoms with Gasteiger partial charge in [-0.05, 0) is 55.2 Å². The molecule has 1 saturated carbocycles. The summed E-state index contributed by atoms with van der Waals surface area (Å²) in [7, 11) is -1.62. The van der Waals surface area contributed by atoms with E-state index < -0.39 is 7.26 Å². The zero-order chi connectivity index (χ0) is 17.7. The molecule has 0 amide bonds. The molecule has 3 aromatic rings. The largest absolute Gasteiger partial charge is 1.00 e. The normalized spacial score (nSPS) is 15.1. The van der Waals surface area contributed by atoms with Crippen molar-refractivity contribution < 1.29 is 17.0 Å². The van der Waals surface area contributed by atoms with Crippen LogP contribution in [0.2, 0.25) is 0 Å². The standard InChI is InChI=1S/C25H28P.BrH/c1-5-13-22(14-6-1)21-26(23-15-7-2-8-16-23,24-17-9-3-10-18-24)25-19-11-4-12-20-25;/h2-4,7-12,15-20,22H,1,5-6,13-14,21H2;1H/q+1;/p-1. The first-order valence-corrected chi connectivity index (χ1v) is 11.9. The number of halogens is 1. The maximum atomic E-state index is 2.37. The average Bonchev–Trinajstić information content (AvgIpc) is 2.75. The second kappa shape index (κ2) is 9.67. The Morgan fingerprint density at radius 1 is 0.556 bits per heavy atom. The molecule has 1 aliphatic carbocycles. The molecule has 0 saturated heterocycles. The van der Waals surface area contributed by atoms with Crippen molar-refractivity contribution in [1.29, 1.82) is 0 Å². The van der Waals surface area contributed by atoms with Gasteiger partial charge in [0.1, 0.15) is 23.2 Å². The van der Waals surface area contributed by atoms with Crippen LogP contribution in [-0.2, 0) is 0 Å². The summed E-state index contributed by atoms with van der Waals surface area (Å²) in [6.45, 7) is 0. The molecule has 0 spiro atoms. The lowest BCUT2D eigenvalue weighted by atomic mass is 9.91. The molecule has 0 aromatic heterocycles. The summed E-state index contributed by atoms with van der Waals surface area (Å²) in [5, 5.41) is 4.59. The third kappa shape index (κ3) is 4.36. The van der Waals surface area contributed by atoms with E-state index in [0.29, 0.717) is 0 Å². The predicted molar refractivity (Wildman–Crippen MR) is 117 cm³/mol. The fourth-order valence-electron chi connectivity index (χ4n) is 4.57. The molecule has 4 rings (SSSR count). The molecule has 0 aliphatic heterocycles. The Bertz CT molecular complexity index is 699. The smallest absolute Gasteiger partial charge is 0.112 e. The van der Waals surface area contributed by atoms with Gasteiger partial charge in [-0.2, -0.15) is 0 Å². The highest BCUT2D eigenvalue weighted by Gasteiger charge is 2.46. The second-order valence-corrected chi connectivity index (χ2v) is 11.0. The summed E-state index contributed by atoms with van der Waals surface area (Å²) in [4.78, 5) is 0. The zero-order valence-corrected chi connectivity index (χ0v) is 18.3. The summed E-state index contributed by atoms with van der Waals surface area (Å²) < 4.78 is 0. The van der Waals surface area contributed by atoms with E-state index in [1.807, 2.05) is 0 Å². The minimum Gasteiger partial charge on any atom is -1.00 e. The van der Waals surface area contributed by atoms with Crippen molar-refractivity contribution >= 4 is 23.2 Å². The van der Waals surface area contributed by atoms with Gasteiger partial charge in [0.2, 0.25) is 0 Å². The SMILES string of the molecule is [Br-].c1ccc([P+](CC2CCCCC2)(c2ccccc2)c2ccccc2)cc1. The van der Waals surface area contributed by atoms with Crippen LogP contribution in [0, 0.1) is 5.92 Å². The molecule has 0 N–H and O–H groups in total. The Labute approximate surface area is 175 Å². The Balaban J connectivity index is 0.00000210. The monoisotopic (exact) mass is 438 g/mol. The summed E-state index contributed by atoms with van der Waals surface area (Å²) >= 11 is 0. The van der Waals surface area contributed by atoms with Gasteiger partial charge in [0, 0.05) is 0 Å². The molecular formula is C25H28BrP. The van der Waals surface area contributed by atoms with Crippen LogP contribution in [0.3, 0.4) is 0 Å². The first kappa shape index (κ1) is 20.3. The Kier molecular flexibility index (Phi) is 7.27. The van der Waals surface area contributed by atoms with Gasteiger partial charge in [-0.1, -0.05) is 73.9 Å². The van der Waals surface area contributed by atoms with Gasteiger partial charge in [0.15, 0.2) is 0 Å². The fraction of sp³-hybridized carbons (Fsp3) is 0.280. The molecule has 1 fully saturated rings. The van der Waals surface area contributed by atoms with Gasteiger partial charge >= 0.3 is 0 Å². The molecule has 0 radical (unpaired) electrons. The molecule has 0 atom stereocenters. The third-order valence-electron chi connectivity index (χ3n) is 5.85. The van der Waals surface area contributed by atoms with Gasteiger partial charge in [0.05, 0.1) is 6.16 Å². The maximum absolute atomic E-state index is 2.37. The van der Waals surface area contributed by atoms with Crippen LogP contribution in [0.25, 0.3) is 0 Å². The van der Waals surface area contributed by atoms with Gasteiger partial charge in [-0.15, -0.1) is 0 Å². The van der Waals surface area contributed by atoms with E-state index in [1.54, 1.807) is 0 Å². The zero-order valence-electron chi connectivity index (χ0n) is 15.8. The summed E-state index contributed by atoms with van der Waals surface area (Å²) in [6, 6.07) is 34.0. The topological polar surface area (TPSA) is 0 Å². The highest BCUT2D eigenvalue weighted by molar-refractivity contribution is 7.95. The Morgan fingerprint density at radius 3 is 1.30 bits per heavy atom. The van der Waals surface area contributed by atoms with Crippen LogP contribution < -0.4 is 32.9 Å². The van der Waals surface area contributed by atoms with E-state index in [0.717, 1.165) is 5.92 Å². The van der Waals surface area contributed by atoms with Crippen molar-refractivity contribution in [3.05, 3.63) is 91.0 Å². The highest BCUT2D eigenvalue weighted by Crippen LogP contribution is 2.57. The lowest BCUT2D eigenvalue weighted by Gasteiger charge is -2.32. The number of hydrogen-bond acceptors (Lipinski definition) is 0. The van der Waals surface area contributed by atoms with E-state index >= 15 is 0 Å². The Hall–Kier alpha value is -1.43. The fourth-order valence-corrected chi connectivity index (χ4v) is 9.28. The molecule has 0 heterocycles. The molecule has 0 bridgehead atoms. The molecule has 0 unspecified atom stereocenters. The molecule has 140 valence electrons. The van der Waals surface area contributed by atoms with Crippen LogP contribution in [0.15, 0.2) is 91.0 Å². The van der Waals surface area contributed by atoms with Crippen molar-refractivity contribution in [3.63, 3.8) is 0 Å². The average molecular weight is 439 g/mol. The molecular weight excluding hydrogens is 411 g/mol.